The molecule has 126 valence electrons. The van der Waals surface area contributed by atoms with Crippen LogP contribution in [0, 0.1) is 0 Å². The second-order valence-electron chi connectivity index (χ2n) is 5.47. The number of aromatic nitrogens is 7. The number of nitrogens with zero attached hydrogens (tertiary/aromatic N) is 7. The van der Waals surface area contributed by atoms with Crippen molar-refractivity contribution in [3.05, 3.63) is 56.7 Å². The Morgan fingerprint density at radius 2 is 1.84 bits per heavy atom. The number of rotatable bonds is 3. The van der Waals surface area contributed by atoms with Crippen molar-refractivity contribution in [2.24, 2.45) is 14.1 Å². The Kier molecular flexibility index (Phi) is 3.53. The van der Waals surface area contributed by atoms with Crippen LogP contribution < -0.4 is 11.2 Å². The Balaban J connectivity index is 1.77. The SMILES string of the molecule is Cn1c(=O)c2c(ncn2Cc2csc(-c3ncccn3)n2)n(C)c1=O. The lowest BCUT2D eigenvalue weighted by Crippen LogP contribution is -2.37. The van der Waals surface area contributed by atoms with E-state index in [0.29, 0.717) is 28.5 Å². The summed E-state index contributed by atoms with van der Waals surface area (Å²) in [6.45, 7) is 0.368. The summed E-state index contributed by atoms with van der Waals surface area (Å²) in [4.78, 5) is 41.5. The van der Waals surface area contributed by atoms with Crippen LogP contribution in [0.15, 0.2) is 39.8 Å². The van der Waals surface area contributed by atoms with E-state index in [1.54, 1.807) is 36.4 Å². The average Bonchev–Trinajstić information content (AvgIpc) is 3.27. The topological polar surface area (TPSA) is 100 Å². The molecule has 4 aromatic rings. The van der Waals surface area contributed by atoms with Crippen LogP contribution in [0.25, 0.3) is 22.0 Å². The van der Waals surface area contributed by atoms with E-state index in [1.807, 2.05) is 5.38 Å². The van der Waals surface area contributed by atoms with Gasteiger partial charge in [-0.25, -0.2) is 24.7 Å². The fourth-order valence-corrected chi connectivity index (χ4v) is 3.34. The van der Waals surface area contributed by atoms with Crippen LogP contribution in [0.4, 0.5) is 0 Å². The Morgan fingerprint density at radius 3 is 2.60 bits per heavy atom. The van der Waals surface area contributed by atoms with Gasteiger partial charge in [0, 0.05) is 31.9 Å². The van der Waals surface area contributed by atoms with Gasteiger partial charge < -0.3 is 4.57 Å². The van der Waals surface area contributed by atoms with Crippen molar-refractivity contribution in [3.8, 4) is 10.8 Å². The van der Waals surface area contributed by atoms with E-state index >= 15 is 0 Å². The molecular formula is C15H13N7O2S. The van der Waals surface area contributed by atoms with Crippen molar-refractivity contribution in [3.63, 3.8) is 0 Å². The van der Waals surface area contributed by atoms with Crippen LogP contribution in [0.3, 0.4) is 0 Å². The van der Waals surface area contributed by atoms with E-state index in [1.165, 1.54) is 23.0 Å². The van der Waals surface area contributed by atoms with E-state index < -0.39 is 5.69 Å². The summed E-state index contributed by atoms with van der Waals surface area (Å²) in [5.74, 6) is 0.563. The summed E-state index contributed by atoms with van der Waals surface area (Å²) in [5.41, 5.74) is 0.713. The lowest BCUT2D eigenvalue weighted by molar-refractivity contribution is 0.701. The van der Waals surface area contributed by atoms with E-state index in [-0.39, 0.29) is 5.56 Å². The average molecular weight is 355 g/mol. The molecule has 0 unspecified atom stereocenters. The lowest BCUT2D eigenvalue weighted by atomic mass is 10.4. The summed E-state index contributed by atoms with van der Waals surface area (Å²) in [6.07, 6.45) is 4.87. The molecular weight excluding hydrogens is 342 g/mol. The van der Waals surface area contributed by atoms with Gasteiger partial charge in [0.05, 0.1) is 18.6 Å². The molecule has 0 N–H and O–H groups in total. The van der Waals surface area contributed by atoms with E-state index in [0.717, 1.165) is 10.3 Å². The van der Waals surface area contributed by atoms with Gasteiger partial charge in [-0.3, -0.25) is 13.9 Å². The minimum Gasteiger partial charge on any atom is -0.319 e. The first-order valence-electron chi connectivity index (χ1n) is 7.39. The number of hydrogen-bond donors (Lipinski definition) is 0. The molecule has 0 amide bonds. The number of hydrogen-bond acceptors (Lipinski definition) is 7. The fraction of sp³-hybridized carbons (Fsp3) is 0.200. The molecule has 0 radical (unpaired) electrons. The van der Waals surface area contributed by atoms with Gasteiger partial charge in [-0.15, -0.1) is 11.3 Å². The number of fused-ring (bicyclic) bond motifs is 1. The van der Waals surface area contributed by atoms with E-state index in [2.05, 4.69) is 19.9 Å². The zero-order valence-electron chi connectivity index (χ0n) is 13.4. The van der Waals surface area contributed by atoms with Gasteiger partial charge >= 0.3 is 5.69 Å². The molecule has 0 aliphatic carbocycles. The van der Waals surface area contributed by atoms with Crippen molar-refractivity contribution >= 4 is 22.5 Å². The second-order valence-corrected chi connectivity index (χ2v) is 6.32. The monoisotopic (exact) mass is 355 g/mol. The molecule has 0 aliphatic rings. The summed E-state index contributed by atoms with van der Waals surface area (Å²) < 4.78 is 4.13. The van der Waals surface area contributed by atoms with Crippen molar-refractivity contribution < 1.29 is 0 Å². The van der Waals surface area contributed by atoms with Gasteiger partial charge in [0.2, 0.25) is 0 Å². The molecule has 10 heteroatoms. The normalized spacial score (nSPS) is 11.3. The lowest BCUT2D eigenvalue weighted by Gasteiger charge is -2.05. The maximum Gasteiger partial charge on any atom is 0.332 e. The third-order valence-electron chi connectivity index (χ3n) is 3.86. The molecule has 0 spiro atoms. The van der Waals surface area contributed by atoms with Gasteiger partial charge in [-0.1, -0.05) is 0 Å². The minimum absolute atomic E-state index is 0.356. The molecule has 0 fully saturated rings. The molecule has 4 rings (SSSR count). The second kappa shape index (κ2) is 5.74. The fourth-order valence-electron chi connectivity index (χ4n) is 2.58. The first kappa shape index (κ1) is 15.4. The standard InChI is InChI=1S/C15H13N7O2S/c1-20-12-10(14(23)21(2)15(20)24)22(8-18-12)6-9-7-25-13(19-9)11-16-4-3-5-17-11/h3-5,7-8H,6H2,1-2H3. The Hall–Kier alpha value is -3.14. The van der Waals surface area contributed by atoms with Gasteiger partial charge in [-0.05, 0) is 6.07 Å². The molecule has 0 aliphatic heterocycles. The number of thiazole rings is 1. The summed E-state index contributed by atoms with van der Waals surface area (Å²) in [7, 11) is 3.05. The predicted molar refractivity (Wildman–Crippen MR) is 92.5 cm³/mol. The highest BCUT2D eigenvalue weighted by molar-refractivity contribution is 7.13. The van der Waals surface area contributed by atoms with Crippen LogP contribution in [-0.2, 0) is 20.6 Å². The van der Waals surface area contributed by atoms with Crippen LogP contribution in [0.1, 0.15) is 5.69 Å². The number of aryl methyl sites for hydroxylation is 1. The van der Waals surface area contributed by atoms with Gasteiger partial charge in [0.25, 0.3) is 5.56 Å². The maximum absolute atomic E-state index is 12.5. The third-order valence-corrected chi connectivity index (χ3v) is 4.75. The third kappa shape index (κ3) is 2.47. The highest BCUT2D eigenvalue weighted by atomic mass is 32.1. The molecule has 0 bridgehead atoms. The first-order chi connectivity index (χ1) is 12.1. The highest BCUT2D eigenvalue weighted by Crippen LogP contribution is 2.20. The van der Waals surface area contributed by atoms with Crippen LogP contribution >= 0.6 is 11.3 Å². The molecule has 9 nitrogen and oxygen atoms in total. The largest absolute Gasteiger partial charge is 0.332 e. The van der Waals surface area contributed by atoms with Crippen molar-refractivity contribution in [1.29, 1.82) is 0 Å². The smallest absolute Gasteiger partial charge is 0.319 e. The minimum atomic E-state index is -0.403. The molecule has 0 aromatic carbocycles. The van der Waals surface area contributed by atoms with Crippen LogP contribution in [0.5, 0.6) is 0 Å². The van der Waals surface area contributed by atoms with Crippen molar-refractivity contribution in [2.45, 2.75) is 6.54 Å². The summed E-state index contributed by atoms with van der Waals surface area (Å²) in [6, 6.07) is 1.75. The number of imidazole rings is 1. The Labute approximate surface area is 144 Å². The van der Waals surface area contributed by atoms with Gasteiger partial charge in [0.1, 0.15) is 0 Å². The van der Waals surface area contributed by atoms with Crippen LogP contribution in [0.2, 0.25) is 0 Å². The zero-order valence-corrected chi connectivity index (χ0v) is 14.3. The molecule has 25 heavy (non-hydrogen) atoms. The van der Waals surface area contributed by atoms with Gasteiger partial charge in [0.15, 0.2) is 22.0 Å². The summed E-state index contributed by atoms with van der Waals surface area (Å²) >= 11 is 1.43. The maximum atomic E-state index is 12.5. The highest BCUT2D eigenvalue weighted by Gasteiger charge is 2.15. The van der Waals surface area contributed by atoms with E-state index in [4.69, 9.17) is 0 Å². The molecule has 4 heterocycles. The Bertz CT molecular complexity index is 1190. The summed E-state index contributed by atoms with van der Waals surface area (Å²) in [5, 5.41) is 2.60. The predicted octanol–water partition coefficient (Wildman–Crippen LogP) is 0.395. The molecule has 0 saturated carbocycles. The van der Waals surface area contributed by atoms with Gasteiger partial charge in [-0.2, -0.15) is 0 Å². The van der Waals surface area contributed by atoms with E-state index in [9.17, 15) is 9.59 Å². The molecule has 4 aromatic heterocycles. The Morgan fingerprint density at radius 1 is 1.08 bits per heavy atom. The van der Waals surface area contributed by atoms with Crippen LogP contribution in [-0.4, -0.2) is 33.6 Å². The molecule has 0 saturated heterocycles. The zero-order chi connectivity index (χ0) is 17.6. The first-order valence-corrected chi connectivity index (χ1v) is 8.27. The van der Waals surface area contributed by atoms with Crippen molar-refractivity contribution in [1.82, 2.24) is 33.6 Å². The molecule has 0 atom stereocenters. The van der Waals surface area contributed by atoms with Crippen molar-refractivity contribution in [2.75, 3.05) is 0 Å². The quantitative estimate of drug-likeness (QED) is 0.527.